The van der Waals surface area contributed by atoms with E-state index < -0.39 is 5.97 Å². The highest BCUT2D eigenvalue weighted by Crippen LogP contribution is 2.18. The van der Waals surface area contributed by atoms with E-state index in [4.69, 9.17) is 9.84 Å². The monoisotopic (exact) mass is 229 g/mol. The maximum Gasteiger partial charge on any atom is 0.303 e. The Morgan fingerprint density at radius 1 is 1.50 bits per heavy atom. The van der Waals surface area contributed by atoms with Gasteiger partial charge in [-0.05, 0) is 19.3 Å². The van der Waals surface area contributed by atoms with Crippen LogP contribution in [-0.4, -0.2) is 35.7 Å². The predicted molar refractivity (Wildman–Crippen MR) is 58.0 cm³/mol. The van der Waals surface area contributed by atoms with Gasteiger partial charge in [-0.2, -0.15) is 0 Å². The molecule has 0 bridgehead atoms. The van der Waals surface area contributed by atoms with Crippen LogP contribution in [0.25, 0.3) is 0 Å². The number of nitrogens with one attached hydrogen (secondary N) is 1. The van der Waals surface area contributed by atoms with Crippen LogP contribution in [0, 0.1) is 5.92 Å². The third kappa shape index (κ3) is 4.18. The van der Waals surface area contributed by atoms with Gasteiger partial charge in [0.05, 0.1) is 12.1 Å². The minimum absolute atomic E-state index is 0.0284. The molecular formula is C11H19NO4. The van der Waals surface area contributed by atoms with E-state index in [-0.39, 0.29) is 30.2 Å². The first-order valence-electron chi connectivity index (χ1n) is 5.52. The summed E-state index contributed by atoms with van der Waals surface area (Å²) in [6, 6.07) is 0. The van der Waals surface area contributed by atoms with Crippen LogP contribution in [0.4, 0.5) is 0 Å². The van der Waals surface area contributed by atoms with Crippen molar-refractivity contribution in [1.29, 1.82) is 0 Å². The molecule has 1 saturated heterocycles. The molecular weight excluding hydrogens is 210 g/mol. The lowest BCUT2D eigenvalue weighted by Crippen LogP contribution is -2.46. The summed E-state index contributed by atoms with van der Waals surface area (Å²) in [7, 11) is 0. The van der Waals surface area contributed by atoms with Crippen LogP contribution in [0.5, 0.6) is 0 Å². The van der Waals surface area contributed by atoms with Crippen molar-refractivity contribution < 1.29 is 19.4 Å². The molecule has 1 fully saturated rings. The van der Waals surface area contributed by atoms with E-state index in [1.807, 2.05) is 6.92 Å². The molecule has 2 atom stereocenters. The second-order valence-electron chi connectivity index (χ2n) is 4.82. The zero-order valence-electron chi connectivity index (χ0n) is 9.78. The molecule has 1 aliphatic rings. The second kappa shape index (κ2) is 5.30. The van der Waals surface area contributed by atoms with Crippen LogP contribution in [0.15, 0.2) is 0 Å². The fourth-order valence-electron chi connectivity index (χ4n) is 1.84. The van der Waals surface area contributed by atoms with Gasteiger partial charge < -0.3 is 15.2 Å². The van der Waals surface area contributed by atoms with Crippen molar-refractivity contribution in [1.82, 2.24) is 5.32 Å². The molecule has 5 heteroatoms. The highest BCUT2D eigenvalue weighted by atomic mass is 16.5. The highest BCUT2D eigenvalue weighted by molar-refractivity contribution is 5.78. The third-order valence-corrected chi connectivity index (χ3v) is 2.72. The quantitative estimate of drug-likeness (QED) is 0.730. The Bertz CT molecular complexity index is 271. The summed E-state index contributed by atoms with van der Waals surface area (Å²) in [4.78, 5) is 22.1. The molecule has 0 aliphatic carbocycles. The Morgan fingerprint density at radius 2 is 2.19 bits per heavy atom. The topological polar surface area (TPSA) is 75.6 Å². The molecule has 2 unspecified atom stereocenters. The standard InChI is InChI=1S/C11H19NO4/c1-8(6-10(14)15)5-9(13)12-11(2)3-4-16-7-11/h8H,3-7H2,1-2H3,(H,12,13)(H,14,15). The molecule has 1 amide bonds. The van der Waals surface area contributed by atoms with Crippen molar-refractivity contribution in [2.75, 3.05) is 13.2 Å². The Morgan fingerprint density at radius 3 is 2.69 bits per heavy atom. The van der Waals surface area contributed by atoms with Crippen LogP contribution < -0.4 is 5.32 Å². The molecule has 0 radical (unpaired) electrons. The van der Waals surface area contributed by atoms with Crippen molar-refractivity contribution in [3.63, 3.8) is 0 Å². The normalized spacial score (nSPS) is 26.4. The Kier molecular flexibility index (Phi) is 4.29. The average Bonchev–Trinajstić information content (AvgIpc) is 2.48. The van der Waals surface area contributed by atoms with E-state index in [2.05, 4.69) is 5.32 Å². The number of aliphatic carboxylic acids is 1. The number of carboxylic acids is 1. The average molecular weight is 229 g/mol. The highest BCUT2D eigenvalue weighted by Gasteiger charge is 2.31. The van der Waals surface area contributed by atoms with Crippen LogP contribution in [-0.2, 0) is 14.3 Å². The van der Waals surface area contributed by atoms with E-state index in [0.717, 1.165) is 6.42 Å². The lowest BCUT2D eigenvalue weighted by atomic mass is 9.99. The smallest absolute Gasteiger partial charge is 0.303 e. The van der Waals surface area contributed by atoms with Gasteiger partial charge >= 0.3 is 5.97 Å². The van der Waals surface area contributed by atoms with Gasteiger partial charge in [-0.25, -0.2) is 0 Å². The Balaban J connectivity index is 2.32. The number of hydrogen-bond donors (Lipinski definition) is 2. The molecule has 5 nitrogen and oxygen atoms in total. The van der Waals surface area contributed by atoms with Crippen molar-refractivity contribution in [3.05, 3.63) is 0 Å². The molecule has 0 saturated carbocycles. The molecule has 92 valence electrons. The van der Waals surface area contributed by atoms with Crippen molar-refractivity contribution in [2.45, 2.75) is 38.6 Å². The van der Waals surface area contributed by atoms with E-state index in [1.54, 1.807) is 6.92 Å². The van der Waals surface area contributed by atoms with Gasteiger partial charge in [0.2, 0.25) is 5.91 Å². The fraction of sp³-hybridized carbons (Fsp3) is 0.818. The summed E-state index contributed by atoms with van der Waals surface area (Å²) >= 11 is 0. The third-order valence-electron chi connectivity index (χ3n) is 2.72. The molecule has 0 spiro atoms. The van der Waals surface area contributed by atoms with Gasteiger partial charge in [-0.1, -0.05) is 6.92 Å². The van der Waals surface area contributed by atoms with E-state index in [0.29, 0.717) is 13.2 Å². The van der Waals surface area contributed by atoms with Crippen LogP contribution in [0.2, 0.25) is 0 Å². The van der Waals surface area contributed by atoms with E-state index in [1.165, 1.54) is 0 Å². The van der Waals surface area contributed by atoms with Crippen LogP contribution in [0.1, 0.15) is 33.1 Å². The molecule has 1 aliphatic heterocycles. The zero-order chi connectivity index (χ0) is 12.2. The molecule has 0 aromatic carbocycles. The van der Waals surface area contributed by atoms with E-state index >= 15 is 0 Å². The number of amides is 1. The predicted octanol–water partition coefficient (Wildman–Crippen LogP) is 0.782. The molecule has 1 rings (SSSR count). The maximum absolute atomic E-state index is 11.6. The first-order valence-corrected chi connectivity index (χ1v) is 5.52. The first-order chi connectivity index (χ1) is 7.41. The number of ether oxygens (including phenoxy) is 1. The van der Waals surface area contributed by atoms with Gasteiger partial charge in [-0.15, -0.1) is 0 Å². The van der Waals surface area contributed by atoms with Gasteiger partial charge in [0.15, 0.2) is 0 Å². The van der Waals surface area contributed by atoms with Gasteiger partial charge in [0.1, 0.15) is 0 Å². The number of carboxylic acid groups (broad SMARTS) is 1. The summed E-state index contributed by atoms with van der Waals surface area (Å²) in [5.41, 5.74) is -0.278. The summed E-state index contributed by atoms with van der Waals surface area (Å²) in [5.74, 6) is -1.10. The zero-order valence-corrected chi connectivity index (χ0v) is 9.78. The summed E-state index contributed by atoms with van der Waals surface area (Å²) in [5, 5.41) is 11.5. The fourth-order valence-corrected chi connectivity index (χ4v) is 1.84. The lowest BCUT2D eigenvalue weighted by Gasteiger charge is -2.24. The van der Waals surface area contributed by atoms with Crippen molar-refractivity contribution in [3.8, 4) is 0 Å². The maximum atomic E-state index is 11.6. The summed E-state index contributed by atoms with van der Waals surface area (Å²) < 4.78 is 5.22. The lowest BCUT2D eigenvalue weighted by molar-refractivity contribution is -0.138. The van der Waals surface area contributed by atoms with E-state index in [9.17, 15) is 9.59 Å². The largest absolute Gasteiger partial charge is 0.481 e. The molecule has 0 aromatic rings. The van der Waals surface area contributed by atoms with Crippen molar-refractivity contribution in [2.24, 2.45) is 5.92 Å². The number of carbonyl (C=O) groups is 2. The minimum atomic E-state index is -0.865. The summed E-state index contributed by atoms with van der Waals surface area (Å²) in [6.45, 7) is 4.91. The summed E-state index contributed by atoms with van der Waals surface area (Å²) in [6.07, 6.45) is 1.09. The Labute approximate surface area is 95.2 Å². The number of carbonyl (C=O) groups excluding carboxylic acids is 1. The Hall–Kier alpha value is -1.10. The molecule has 16 heavy (non-hydrogen) atoms. The van der Waals surface area contributed by atoms with Gasteiger partial charge in [-0.3, -0.25) is 9.59 Å². The SMILES string of the molecule is CC(CC(=O)O)CC(=O)NC1(C)CCOC1. The minimum Gasteiger partial charge on any atom is -0.481 e. The van der Waals surface area contributed by atoms with Crippen molar-refractivity contribution >= 4 is 11.9 Å². The van der Waals surface area contributed by atoms with Crippen LogP contribution >= 0.6 is 0 Å². The number of hydrogen-bond acceptors (Lipinski definition) is 3. The van der Waals surface area contributed by atoms with Gasteiger partial charge in [0.25, 0.3) is 0 Å². The first kappa shape index (κ1) is 13.0. The number of rotatable bonds is 5. The molecule has 2 N–H and O–H groups in total. The van der Waals surface area contributed by atoms with Gasteiger partial charge in [0, 0.05) is 19.4 Å². The van der Waals surface area contributed by atoms with Crippen LogP contribution in [0.3, 0.4) is 0 Å². The second-order valence-corrected chi connectivity index (χ2v) is 4.82. The molecule has 0 aromatic heterocycles. The molecule has 1 heterocycles.